The lowest BCUT2D eigenvalue weighted by atomic mass is 10.0. The molecule has 5 heteroatoms. The van der Waals surface area contributed by atoms with Gasteiger partial charge in [-0.1, -0.05) is 44.2 Å². The van der Waals surface area contributed by atoms with E-state index in [0.29, 0.717) is 30.2 Å². The molecule has 0 spiro atoms. The number of benzene rings is 2. The Balaban J connectivity index is 2.07. The van der Waals surface area contributed by atoms with Crippen molar-refractivity contribution >= 4 is 5.91 Å². The molecule has 0 saturated heterocycles. The number of carbonyl (C=O) groups is 1. The van der Waals surface area contributed by atoms with Crippen molar-refractivity contribution in [2.24, 2.45) is 0 Å². The van der Waals surface area contributed by atoms with Crippen molar-refractivity contribution in [3.05, 3.63) is 59.7 Å². The van der Waals surface area contributed by atoms with Crippen molar-refractivity contribution < 1.29 is 14.3 Å². The Morgan fingerprint density at radius 1 is 1.04 bits per heavy atom. The van der Waals surface area contributed by atoms with E-state index in [2.05, 4.69) is 48.3 Å². The van der Waals surface area contributed by atoms with Gasteiger partial charge in [0, 0.05) is 18.2 Å². The summed E-state index contributed by atoms with van der Waals surface area (Å²) in [6.45, 7) is 9.25. The average molecular weight is 385 g/mol. The Morgan fingerprint density at radius 3 is 2.36 bits per heavy atom. The maximum absolute atomic E-state index is 12.7. The van der Waals surface area contributed by atoms with Crippen molar-refractivity contribution in [3.63, 3.8) is 0 Å². The molecule has 0 radical (unpaired) electrons. The first-order chi connectivity index (χ1) is 13.6. The minimum atomic E-state index is -0.105. The molecule has 2 rings (SSSR count). The van der Waals surface area contributed by atoms with Crippen molar-refractivity contribution in [2.45, 2.75) is 33.2 Å². The van der Waals surface area contributed by atoms with Gasteiger partial charge in [0.15, 0.2) is 11.5 Å². The molecule has 0 aliphatic heterocycles. The fourth-order valence-electron chi connectivity index (χ4n) is 3.35. The predicted molar refractivity (Wildman–Crippen MR) is 113 cm³/mol. The van der Waals surface area contributed by atoms with Gasteiger partial charge >= 0.3 is 0 Å². The van der Waals surface area contributed by atoms with Gasteiger partial charge in [-0.15, -0.1) is 0 Å². The fraction of sp³-hybridized carbons (Fsp3) is 0.435. The molecule has 0 saturated carbocycles. The third-order valence-electron chi connectivity index (χ3n) is 4.87. The Kier molecular flexibility index (Phi) is 8.82. The van der Waals surface area contributed by atoms with E-state index < -0.39 is 0 Å². The molecule has 28 heavy (non-hydrogen) atoms. The maximum atomic E-state index is 12.7. The first-order valence-electron chi connectivity index (χ1n) is 9.99. The molecular formula is C23H32N2O3. The third kappa shape index (κ3) is 5.99. The zero-order chi connectivity index (χ0) is 20.4. The van der Waals surface area contributed by atoms with E-state index >= 15 is 0 Å². The van der Waals surface area contributed by atoms with E-state index in [0.717, 1.165) is 19.5 Å². The molecule has 1 atom stereocenters. The van der Waals surface area contributed by atoms with Crippen molar-refractivity contribution in [2.75, 3.05) is 33.4 Å². The van der Waals surface area contributed by atoms with Crippen LogP contribution in [0, 0.1) is 0 Å². The zero-order valence-electron chi connectivity index (χ0n) is 17.4. The molecule has 152 valence electrons. The number of rotatable bonds is 11. The number of hydrogen-bond acceptors (Lipinski definition) is 4. The number of nitrogens with one attached hydrogen (secondary N) is 1. The smallest absolute Gasteiger partial charge is 0.251 e. The monoisotopic (exact) mass is 384 g/mol. The predicted octanol–water partition coefficient (Wildman–Crippen LogP) is 3.78. The average Bonchev–Trinajstić information content (AvgIpc) is 2.73. The highest BCUT2D eigenvalue weighted by molar-refractivity contribution is 5.94. The Hall–Kier alpha value is -2.53. The summed E-state index contributed by atoms with van der Waals surface area (Å²) in [5.74, 6) is 1.11. The minimum absolute atomic E-state index is 0.105. The number of carbonyl (C=O) groups excluding carboxylic acids is 1. The van der Waals surface area contributed by atoms with E-state index in [4.69, 9.17) is 9.47 Å². The second kappa shape index (κ2) is 11.3. The van der Waals surface area contributed by atoms with E-state index in [1.807, 2.05) is 13.0 Å². The number of nitrogens with zero attached hydrogens (tertiary/aromatic N) is 1. The molecule has 2 aromatic rings. The lowest BCUT2D eigenvalue weighted by Crippen LogP contribution is -2.45. The quantitative estimate of drug-likeness (QED) is 0.641. The van der Waals surface area contributed by atoms with Gasteiger partial charge in [-0.25, -0.2) is 0 Å². The van der Waals surface area contributed by atoms with Gasteiger partial charge in [0.2, 0.25) is 0 Å². The molecule has 0 fully saturated rings. The lowest BCUT2D eigenvalue weighted by molar-refractivity contribution is 0.0934. The Bertz CT molecular complexity index is 730. The minimum Gasteiger partial charge on any atom is -0.493 e. The number of ether oxygens (including phenoxy) is 2. The number of methoxy groups -OCH3 is 1. The van der Waals surface area contributed by atoms with Gasteiger partial charge in [-0.3, -0.25) is 9.69 Å². The van der Waals surface area contributed by atoms with Crippen LogP contribution in [0.3, 0.4) is 0 Å². The van der Waals surface area contributed by atoms with E-state index in [-0.39, 0.29) is 11.9 Å². The summed E-state index contributed by atoms with van der Waals surface area (Å²) < 4.78 is 10.9. The molecule has 1 N–H and O–H groups in total. The van der Waals surface area contributed by atoms with Crippen LogP contribution in [-0.4, -0.2) is 50.2 Å². The maximum Gasteiger partial charge on any atom is 0.251 e. The van der Waals surface area contributed by atoms with E-state index in [9.17, 15) is 4.79 Å². The summed E-state index contributed by atoms with van der Waals surface area (Å²) in [5.41, 5.74) is 1.84. The molecular weight excluding hydrogens is 352 g/mol. The summed E-state index contributed by atoms with van der Waals surface area (Å²) in [7, 11) is 1.58. The molecule has 0 aromatic heterocycles. The summed E-state index contributed by atoms with van der Waals surface area (Å²) >= 11 is 0. The van der Waals surface area contributed by atoms with Crippen LogP contribution in [-0.2, 0) is 6.42 Å². The molecule has 5 nitrogen and oxygen atoms in total. The third-order valence-corrected chi connectivity index (χ3v) is 4.87. The summed E-state index contributed by atoms with van der Waals surface area (Å²) in [6, 6.07) is 15.9. The molecule has 0 heterocycles. The zero-order valence-corrected chi connectivity index (χ0v) is 17.4. The summed E-state index contributed by atoms with van der Waals surface area (Å²) in [4.78, 5) is 15.1. The first kappa shape index (κ1) is 21.8. The standard InChI is InChI=1S/C23H32N2O3/c1-5-25(6-2)20(15-18-11-9-8-10-12-18)17-24-23(26)19-13-14-21(28-7-3)22(16-19)27-4/h8-14,16,20H,5-7,15,17H2,1-4H3,(H,24,26). The number of likely N-dealkylation sites (N-methyl/N-ethyl adjacent to an activating group) is 1. The van der Waals surface area contributed by atoms with Crippen molar-refractivity contribution in [1.29, 1.82) is 0 Å². The Morgan fingerprint density at radius 2 is 1.75 bits per heavy atom. The molecule has 1 unspecified atom stereocenters. The fourth-order valence-corrected chi connectivity index (χ4v) is 3.35. The van der Waals surface area contributed by atoms with Crippen LogP contribution in [0.5, 0.6) is 11.5 Å². The first-order valence-corrected chi connectivity index (χ1v) is 9.99. The lowest BCUT2D eigenvalue weighted by Gasteiger charge is -2.30. The van der Waals surface area contributed by atoms with Crippen LogP contribution in [0.1, 0.15) is 36.7 Å². The van der Waals surface area contributed by atoms with Gasteiger partial charge in [-0.2, -0.15) is 0 Å². The van der Waals surface area contributed by atoms with Gasteiger partial charge < -0.3 is 14.8 Å². The highest BCUT2D eigenvalue weighted by Gasteiger charge is 2.18. The molecule has 0 aliphatic rings. The SMILES string of the molecule is CCOc1ccc(C(=O)NCC(Cc2ccccc2)N(CC)CC)cc1OC. The van der Waals surface area contributed by atoms with Crippen LogP contribution >= 0.6 is 0 Å². The molecule has 2 aromatic carbocycles. The number of amides is 1. The van der Waals surface area contributed by atoms with E-state index in [1.54, 1.807) is 25.3 Å². The van der Waals surface area contributed by atoms with Crippen LogP contribution in [0.2, 0.25) is 0 Å². The highest BCUT2D eigenvalue weighted by Crippen LogP contribution is 2.28. The number of hydrogen-bond donors (Lipinski definition) is 1. The van der Waals surface area contributed by atoms with Gasteiger partial charge in [-0.05, 0) is 50.2 Å². The van der Waals surface area contributed by atoms with Gasteiger partial charge in [0.1, 0.15) is 0 Å². The van der Waals surface area contributed by atoms with E-state index in [1.165, 1.54) is 5.56 Å². The topological polar surface area (TPSA) is 50.8 Å². The van der Waals surface area contributed by atoms with Crippen LogP contribution in [0.15, 0.2) is 48.5 Å². The summed E-state index contributed by atoms with van der Waals surface area (Å²) in [5, 5.41) is 3.09. The normalized spacial score (nSPS) is 11.9. The largest absolute Gasteiger partial charge is 0.493 e. The molecule has 0 aliphatic carbocycles. The highest BCUT2D eigenvalue weighted by atomic mass is 16.5. The molecule has 1 amide bonds. The van der Waals surface area contributed by atoms with Crippen LogP contribution < -0.4 is 14.8 Å². The van der Waals surface area contributed by atoms with Crippen molar-refractivity contribution in [3.8, 4) is 11.5 Å². The van der Waals surface area contributed by atoms with Crippen LogP contribution in [0.4, 0.5) is 0 Å². The van der Waals surface area contributed by atoms with Gasteiger partial charge in [0.25, 0.3) is 5.91 Å². The second-order valence-electron chi connectivity index (χ2n) is 6.57. The second-order valence-corrected chi connectivity index (χ2v) is 6.57. The summed E-state index contributed by atoms with van der Waals surface area (Å²) in [6.07, 6.45) is 0.898. The van der Waals surface area contributed by atoms with Gasteiger partial charge in [0.05, 0.1) is 13.7 Å². The van der Waals surface area contributed by atoms with Crippen LogP contribution in [0.25, 0.3) is 0 Å². The molecule has 0 bridgehead atoms. The van der Waals surface area contributed by atoms with Crippen molar-refractivity contribution in [1.82, 2.24) is 10.2 Å². The Labute approximate surface area is 168 Å².